The Kier molecular flexibility index (Phi) is 4.64. The van der Waals surface area contributed by atoms with E-state index in [-0.39, 0.29) is 17.6 Å². The SMILES string of the molecule is O=C(O)C1CCC(c2ccccc2F)N1C(=O)C1CCCCC1. The van der Waals surface area contributed by atoms with E-state index in [0.717, 1.165) is 32.1 Å². The van der Waals surface area contributed by atoms with Crippen LogP contribution in [0.4, 0.5) is 4.39 Å². The van der Waals surface area contributed by atoms with E-state index in [1.165, 1.54) is 11.0 Å². The van der Waals surface area contributed by atoms with Gasteiger partial charge in [0, 0.05) is 11.5 Å². The highest BCUT2D eigenvalue weighted by molar-refractivity contribution is 5.86. The molecule has 2 fully saturated rings. The molecule has 0 spiro atoms. The molecule has 1 N–H and O–H groups in total. The fraction of sp³-hybridized carbons (Fsp3) is 0.556. The Labute approximate surface area is 135 Å². The highest BCUT2D eigenvalue weighted by atomic mass is 19.1. The van der Waals surface area contributed by atoms with Crippen molar-refractivity contribution in [1.82, 2.24) is 4.90 Å². The van der Waals surface area contributed by atoms with Crippen LogP contribution in [0, 0.1) is 11.7 Å². The van der Waals surface area contributed by atoms with Crippen molar-refractivity contribution in [2.24, 2.45) is 5.92 Å². The van der Waals surface area contributed by atoms with Gasteiger partial charge in [0.1, 0.15) is 11.9 Å². The Morgan fingerprint density at radius 1 is 1.04 bits per heavy atom. The molecule has 0 bridgehead atoms. The molecular formula is C18H22FNO3. The minimum Gasteiger partial charge on any atom is -0.480 e. The summed E-state index contributed by atoms with van der Waals surface area (Å²) in [5.41, 5.74) is 0.431. The number of aliphatic carboxylic acids is 1. The molecule has 3 rings (SSSR count). The van der Waals surface area contributed by atoms with Crippen molar-refractivity contribution < 1.29 is 19.1 Å². The Bertz CT molecular complexity index is 598. The number of carboxylic acids is 1. The van der Waals surface area contributed by atoms with Crippen molar-refractivity contribution in [3.63, 3.8) is 0 Å². The van der Waals surface area contributed by atoms with E-state index in [4.69, 9.17) is 0 Å². The molecule has 23 heavy (non-hydrogen) atoms. The van der Waals surface area contributed by atoms with Crippen molar-refractivity contribution in [1.29, 1.82) is 0 Å². The van der Waals surface area contributed by atoms with Gasteiger partial charge in [0.05, 0.1) is 6.04 Å². The van der Waals surface area contributed by atoms with Crippen molar-refractivity contribution in [3.8, 4) is 0 Å². The fourth-order valence-electron chi connectivity index (χ4n) is 3.97. The van der Waals surface area contributed by atoms with Gasteiger partial charge in [0.15, 0.2) is 0 Å². The summed E-state index contributed by atoms with van der Waals surface area (Å²) >= 11 is 0. The molecule has 1 amide bonds. The zero-order valence-electron chi connectivity index (χ0n) is 13.1. The van der Waals surface area contributed by atoms with Crippen molar-refractivity contribution in [2.45, 2.75) is 57.0 Å². The van der Waals surface area contributed by atoms with E-state index >= 15 is 0 Å². The topological polar surface area (TPSA) is 57.6 Å². The Morgan fingerprint density at radius 2 is 1.74 bits per heavy atom. The van der Waals surface area contributed by atoms with E-state index in [0.29, 0.717) is 18.4 Å². The lowest BCUT2D eigenvalue weighted by Crippen LogP contribution is -2.45. The van der Waals surface area contributed by atoms with Crippen LogP contribution in [0.15, 0.2) is 24.3 Å². The highest BCUT2D eigenvalue weighted by Crippen LogP contribution is 2.40. The molecular weight excluding hydrogens is 297 g/mol. The fourth-order valence-corrected chi connectivity index (χ4v) is 3.97. The first-order valence-corrected chi connectivity index (χ1v) is 8.39. The number of benzene rings is 1. The molecule has 124 valence electrons. The van der Waals surface area contributed by atoms with Crippen LogP contribution in [0.2, 0.25) is 0 Å². The summed E-state index contributed by atoms with van der Waals surface area (Å²) in [4.78, 5) is 26.0. The number of nitrogens with zero attached hydrogens (tertiary/aromatic N) is 1. The first-order chi connectivity index (χ1) is 11.1. The van der Waals surface area contributed by atoms with Crippen LogP contribution in [-0.2, 0) is 9.59 Å². The minimum absolute atomic E-state index is 0.108. The molecule has 1 aromatic rings. The molecule has 0 aromatic heterocycles. The molecule has 1 aliphatic carbocycles. The van der Waals surface area contributed by atoms with Crippen LogP contribution in [-0.4, -0.2) is 27.9 Å². The number of carbonyl (C=O) groups excluding carboxylic acids is 1. The Balaban J connectivity index is 1.91. The number of carboxylic acid groups (broad SMARTS) is 1. The van der Waals surface area contributed by atoms with Gasteiger partial charge in [-0.1, -0.05) is 37.5 Å². The van der Waals surface area contributed by atoms with Crippen LogP contribution < -0.4 is 0 Å². The first-order valence-electron chi connectivity index (χ1n) is 8.39. The van der Waals surface area contributed by atoms with Gasteiger partial charge in [0.25, 0.3) is 0 Å². The highest BCUT2D eigenvalue weighted by Gasteiger charge is 2.44. The summed E-state index contributed by atoms with van der Waals surface area (Å²) in [6.07, 6.45) is 5.64. The summed E-state index contributed by atoms with van der Waals surface area (Å²) < 4.78 is 14.2. The third-order valence-corrected chi connectivity index (χ3v) is 5.14. The summed E-state index contributed by atoms with van der Waals surface area (Å²) in [5, 5.41) is 9.48. The van der Waals surface area contributed by atoms with E-state index in [2.05, 4.69) is 0 Å². The third-order valence-electron chi connectivity index (χ3n) is 5.14. The molecule has 1 heterocycles. The largest absolute Gasteiger partial charge is 0.480 e. The van der Waals surface area contributed by atoms with Gasteiger partial charge < -0.3 is 10.0 Å². The van der Waals surface area contributed by atoms with Crippen molar-refractivity contribution in [3.05, 3.63) is 35.6 Å². The molecule has 1 aromatic carbocycles. The second-order valence-corrected chi connectivity index (χ2v) is 6.55. The van der Waals surface area contributed by atoms with Crippen molar-refractivity contribution >= 4 is 11.9 Å². The monoisotopic (exact) mass is 319 g/mol. The molecule has 5 heteroatoms. The summed E-state index contributed by atoms with van der Waals surface area (Å²) in [6.45, 7) is 0. The lowest BCUT2D eigenvalue weighted by Gasteiger charge is -2.33. The average molecular weight is 319 g/mol. The molecule has 2 unspecified atom stereocenters. The molecule has 2 atom stereocenters. The number of likely N-dealkylation sites (tertiary alicyclic amines) is 1. The van der Waals surface area contributed by atoms with Gasteiger partial charge in [-0.05, 0) is 31.7 Å². The number of halogens is 1. The number of amides is 1. The molecule has 0 radical (unpaired) electrons. The van der Waals surface area contributed by atoms with E-state index < -0.39 is 18.1 Å². The summed E-state index contributed by atoms with van der Waals surface area (Å²) in [6, 6.07) is 5.06. The van der Waals surface area contributed by atoms with Crippen molar-refractivity contribution in [2.75, 3.05) is 0 Å². The Morgan fingerprint density at radius 3 is 2.39 bits per heavy atom. The predicted molar refractivity (Wildman–Crippen MR) is 83.2 cm³/mol. The first kappa shape index (κ1) is 16.0. The lowest BCUT2D eigenvalue weighted by molar-refractivity contribution is -0.152. The maximum absolute atomic E-state index is 14.2. The summed E-state index contributed by atoms with van der Waals surface area (Å²) in [5.74, 6) is -1.58. The maximum atomic E-state index is 14.2. The second kappa shape index (κ2) is 6.69. The zero-order chi connectivity index (χ0) is 16.4. The second-order valence-electron chi connectivity index (χ2n) is 6.55. The van der Waals surface area contributed by atoms with Crippen LogP contribution >= 0.6 is 0 Å². The standard InChI is InChI=1S/C18H22FNO3/c19-14-9-5-4-8-13(14)15-10-11-16(18(22)23)20(15)17(21)12-6-2-1-3-7-12/h4-5,8-9,12,15-16H,1-3,6-7,10-11H2,(H,22,23). The molecule has 1 aliphatic heterocycles. The van der Waals surface area contributed by atoms with Gasteiger partial charge >= 0.3 is 5.97 Å². The van der Waals surface area contributed by atoms with E-state index in [1.807, 2.05) is 0 Å². The maximum Gasteiger partial charge on any atom is 0.326 e. The Hall–Kier alpha value is -1.91. The van der Waals surface area contributed by atoms with Gasteiger partial charge in [-0.15, -0.1) is 0 Å². The normalized spacial score (nSPS) is 25.5. The van der Waals surface area contributed by atoms with Crippen LogP contribution in [0.3, 0.4) is 0 Å². The predicted octanol–water partition coefficient (Wildman–Crippen LogP) is 3.52. The quantitative estimate of drug-likeness (QED) is 0.927. The van der Waals surface area contributed by atoms with Crippen LogP contribution in [0.5, 0.6) is 0 Å². The molecule has 4 nitrogen and oxygen atoms in total. The average Bonchev–Trinajstić information content (AvgIpc) is 3.00. The van der Waals surface area contributed by atoms with Gasteiger partial charge in [0.2, 0.25) is 5.91 Å². The number of carbonyl (C=O) groups is 2. The lowest BCUT2D eigenvalue weighted by atomic mass is 9.87. The molecule has 1 saturated carbocycles. The molecule has 2 aliphatic rings. The van der Waals surface area contributed by atoms with Gasteiger partial charge in [-0.3, -0.25) is 4.79 Å². The molecule has 1 saturated heterocycles. The van der Waals surface area contributed by atoms with Gasteiger partial charge in [-0.2, -0.15) is 0 Å². The number of rotatable bonds is 3. The van der Waals surface area contributed by atoms with Crippen LogP contribution in [0.25, 0.3) is 0 Å². The minimum atomic E-state index is -0.993. The number of hydrogen-bond donors (Lipinski definition) is 1. The number of hydrogen-bond acceptors (Lipinski definition) is 2. The smallest absolute Gasteiger partial charge is 0.326 e. The van der Waals surface area contributed by atoms with E-state index in [9.17, 15) is 19.1 Å². The summed E-state index contributed by atoms with van der Waals surface area (Å²) in [7, 11) is 0. The van der Waals surface area contributed by atoms with Gasteiger partial charge in [-0.25, -0.2) is 9.18 Å². The zero-order valence-corrected chi connectivity index (χ0v) is 13.1. The van der Waals surface area contributed by atoms with E-state index in [1.54, 1.807) is 18.2 Å². The third kappa shape index (κ3) is 3.09. The van der Waals surface area contributed by atoms with Crippen LogP contribution in [0.1, 0.15) is 56.6 Å².